The van der Waals surface area contributed by atoms with E-state index in [0.29, 0.717) is 12.8 Å². The monoisotopic (exact) mass is 274 g/mol. The van der Waals surface area contributed by atoms with Gasteiger partial charge in [0.2, 0.25) is 0 Å². The van der Waals surface area contributed by atoms with Crippen LogP contribution in [-0.4, -0.2) is 61.2 Å². The van der Waals surface area contributed by atoms with Crippen molar-refractivity contribution in [2.45, 2.75) is 37.3 Å². The van der Waals surface area contributed by atoms with Gasteiger partial charge in [0.05, 0.1) is 17.1 Å². The minimum absolute atomic E-state index is 0.0668. The van der Waals surface area contributed by atoms with E-state index >= 15 is 0 Å². The average molecular weight is 274 g/mol. The first-order valence-electron chi connectivity index (χ1n) is 6.79. The Kier molecular flexibility index (Phi) is 2.79. The number of sulfone groups is 1. The van der Waals surface area contributed by atoms with Crippen molar-refractivity contribution < 1.29 is 13.5 Å². The van der Waals surface area contributed by atoms with Crippen LogP contribution in [0.4, 0.5) is 0 Å². The normalized spacial score (nSPS) is 47.6. The zero-order valence-corrected chi connectivity index (χ0v) is 11.5. The number of fused-ring (bicyclic) bond motifs is 1. The molecule has 3 rings (SSSR count). The van der Waals surface area contributed by atoms with Crippen molar-refractivity contribution in [1.29, 1.82) is 0 Å². The van der Waals surface area contributed by atoms with Crippen molar-refractivity contribution in [3.63, 3.8) is 0 Å². The molecular formula is C12H22N2O3S. The van der Waals surface area contributed by atoms with Crippen LogP contribution in [-0.2, 0) is 9.84 Å². The summed E-state index contributed by atoms with van der Waals surface area (Å²) in [6, 6.07) is 0.120. The lowest BCUT2D eigenvalue weighted by molar-refractivity contribution is -0.0851. The second kappa shape index (κ2) is 3.91. The van der Waals surface area contributed by atoms with E-state index < -0.39 is 20.9 Å². The third kappa shape index (κ3) is 1.59. The molecule has 3 fully saturated rings. The Hall–Kier alpha value is -0.170. The van der Waals surface area contributed by atoms with Gasteiger partial charge >= 0.3 is 0 Å². The lowest BCUT2D eigenvalue weighted by Crippen LogP contribution is -2.59. The van der Waals surface area contributed by atoms with E-state index in [1.165, 1.54) is 0 Å². The third-order valence-electron chi connectivity index (χ3n) is 5.39. The van der Waals surface area contributed by atoms with Crippen molar-refractivity contribution in [2.24, 2.45) is 11.1 Å². The molecule has 0 saturated carbocycles. The van der Waals surface area contributed by atoms with Crippen LogP contribution in [0.3, 0.4) is 0 Å². The van der Waals surface area contributed by atoms with Gasteiger partial charge in [0.15, 0.2) is 9.84 Å². The molecule has 104 valence electrons. The van der Waals surface area contributed by atoms with Gasteiger partial charge in [-0.2, -0.15) is 0 Å². The summed E-state index contributed by atoms with van der Waals surface area (Å²) in [5, 5.41) is 11.2. The summed E-state index contributed by atoms with van der Waals surface area (Å²) in [5.74, 6) is 0.247. The summed E-state index contributed by atoms with van der Waals surface area (Å²) in [6.45, 7) is 2.18. The molecule has 3 saturated heterocycles. The van der Waals surface area contributed by atoms with E-state index in [4.69, 9.17) is 5.73 Å². The second-order valence-electron chi connectivity index (χ2n) is 6.19. The summed E-state index contributed by atoms with van der Waals surface area (Å²) in [6.07, 6.45) is 3.26. The number of rotatable bonds is 2. The highest BCUT2D eigenvalue weighted by molar-refractivity contribution is 7.91. The SMILES string of the molecule is NCC1(C2(O)CCN3CCCC32)CCS(=O)(=O)C1. The van der Waals surface area contributed by atoms with Crippen LogP contribution in [0.5, 0.6) is 0 Å². The lowest BCUT2D eigenvalue weighted by atomic mass is 9.67. The molecule has 18 heavy (non-hydrogen) atoms. The van der Waals surface area contributed by atoms with E-state index in [1.54, 1.807) is 0 Å². The van der Waals surface area contributed by atoms with E-state index in [9.17, 15) is 13.5 Å². The maximum atomic E-state index is 11.8. The molecule has 0 radical (unpaired) electrons. The van der Waals surface area contributed by atoms with Crippen LogP contribution in [0.1, 0.15) is 25.7 Å². The molecule has 3 aliphatic rings. The van der Waals surface area contributed by atoms with E-state index in [-0.39, 0.29) is 24.1 Å². The molecular weight excluding hydrogens is 252 g/mol. The predicted molar refractivity (Wildman–Crippen MR) is 68.9 cm³/mol. The molecule has 3 aliphatic heterocycles. The Balaban J connectivity index is 1.97. The summed E-state index contributed by atoms with van der Waals surface area (Å²) in [7, 11) is -3.03. The number of aliphatic hydroxyl groups is 1. The zero-order valence-electron chi connectivity index (χ0n) is 10.6. The van der Waals surface area contributed by atoms with Gasteiger partial charge in [-0.1, -0.05) is 0 Å². The molecule has 0 amide bonds. The molecule has 5 nitrogen and oxygen atoms in total. The summed E-state index contributed by atoms with van der Waals surface area (Å²) < 4.78 is 23.6. The average Bonchev–Trinajstić information content (AvgIpc) is 2.96. The summed E-state index contributed by atoms with van der Waals surface area (Å²) in [4.78, 5) is 2.31. The first kappa shape index (κ1) is 12.8. The minimum atomic E-state index is -3.03. The predicted octanol–water partition coefficient (Wildman–Crippen LogP) is -0.651. The van der Waals surface area contributed by atoms with E-state index in [2.05, 4.69) is 4.90 Å². The van der Waals surface area contributed by atoms with Gasteiger partial charge in [-0.3, -0.25) is 4.90 Å². The molecule has 0 aliphatic carbocycles. The molecule has 3 heterocycles. The van der Waals surface area contributed by atoms with Crippen LogP contribution < -0.4 is 5.73 Å². The highest BCUT2D eigenvalue weighted by Crippen LogP contribution is 2.51. The van der Waals surface area contributed by atoms with Crippen LogP contribution >= 0.6 is 0 Å². The van der Waals surface area contributed by atoms with E-state index in [0.717, 1.165) is 25.9 Å². The first-order valence-corrected chi connectivity index (χ1v) is 8.62. The maximum absolute atomic E-state index is 11.8. The topological polar surface area (TPSA) is 83.6 Å². The highest BCUT2D eigenvalue weighted by Gasteiger charge is 2.62. The van der Waals surface area contributed by atoms with Gasteiger partial charge < -0.3 is 10.8 Å². The van der Waals surface area contributed by atoms with Gasteiger partial charge in [-0.15, -0.1) is 0 Å². The van der Waals surface area contributed by atoms with Gasteiger partial charge in [0, 0.05) is 24.5 Å². The Labute approximate surface area is 108 Å². The Morgan fingerprint density at radius 1 is 1.33 bits per heavy atom. The Bertz CT molecular complexity index is 452. The number of hydrogen-bond acceptors (Lipinski definition) is 5. The quantitative estimate of drug-likeness (QED) is 0.699. The molecule has 0 aromatic rings. The van der Waals surface area contributed by atoms with Gasteiger partial charge in [-0.05, 0) is 32.2 Å². The Morgan fingerprint density at radius 3 is 2.72 bits per heavy atom. The summed E-state index contributed by atoms with van der Waals surface area (Å²) >= 11 is 0. The number of hydrogen-bond donors (Lipinski definition) is 2. The van der Waals surface area contributed by atoms with Gasteiger partial charge in [0.1, 0.15) is 0 Å². The van der Waals surface area contributed by atoms with Crippen molar-refractivity contribution in [2.75, 3.05) is 31.1 Å². The molecule has 0 aromatic carbocycles. The Morgan fingerprint density at radius 2 is 2.11 bits per heavy atom. The fraction of sp³-hybridized carbons (Fsp3) is 1.00. The fourth-order valence-electron chi connectivity index (χ4n) is 4.33. The fourth-order valence-corrected chi connectivity index (χ4v) is 6.53. The van der Waals surface area contributed by atoms with Crippen molar-refractivity contribution in [3.8, 4) is 0 Å². The van der Waals surface area contributed by atoms with Crippen molar-refractivity contribution in [1.82, 2.24) is 4.90 Å². The molecule has 0 bridgehead atoms. The molecule has 3 unspecified atom stereocenters. The standard InChI is InChI=1S/C12H22N2O3S/c13-8-11(4-7-18(16,17)9-11)12(15)3-6-14-5-1-2-10(12)14/h10,15H,1-9,13H2. The molecule has 0 aromatic heterocycles. The number of nitrogens with zero attached hydrogens (tertiary/aromatic N) is 1. The van der Waals surface area contributed by atoms with Crippen molar-refractivity contribution >= 4 is 9.84 Å². The number of nitrogens with two attached hydrogens (primary N) is 1. The molecule has 3 atom stereocenters. The lowest BCUT2D eigenvalue weighted by Gasteiger charge is -2.44. The second-order valence-corrected chi connectivity index (χ2v) is 8.38. The largest absolute Gasteiger partial charge is 0.388 e. The van der Waals surface area contributed by atoms with Crippen LogP contribution in [0.15, 0.2) is 0 Å². The van der Waals surface area contributed by atoms with Crippen LogP contribution in [0.2, 0.25) is 0 Å². The van der Waals surface area contributed by atoms with Crippen LogP contribution in [0, 0.1) is 5.41 Å². The molecule has 6 heteroatoms. The van der Waals surface area contributed by atoms with Gasteiger partial charge in [0.25, 0.3) is 0 Å². The molecule has 3 N–H and O–H groups in total. The van der Waals surface area contributed by atoms with Crippen LogP contribution in [0.25, 0.3) is 0 Å². The summed E-state index contributed by atoms with van der Waals surface area (Å²) in [5.41, 5.74) is 4.38. The van der Waals surface area contributed by atoms with Gasteiger partial charge in [-0.25, -0.2) is 8.42 Å². The van der Waals surface area contributed by atoms with Crippen molar-refractivity contribution in [3.05, 3.63) is 0 Å². The third-order valence-corrected chi connectivity index (χ3v) is 7.21. The maximum Gasteiger partial charge on any atom is 0.151 e. The smallest absolute Gasteiger partial charge is 0.151 e. The minimum Gasteiger partial charge on any atom is -0.388 e. The zero-order chi connectivity index (χ0) is 13.0. The first-order chi connectivity index (χ1) is 8.43. The highest BCUT2D eigenvalue weighted by atomic mass is 32.2. The molecule has 0 spiro atoms. The van der Waals surface area contributed by atoms with E-state index in [1.807, 2.05) is 0 Å².